The summed E-state index contributed by atoms with van der Waals surface area (Å²) in [4.78, 5) is 38.2. The predicted molar refractivity (Wildman–Crippen MR) is 307 cm³/mol. The first kappa shape index (κ1) is 68.6. The molecule has 0 N–H and O–H groups in total. The Kier molecular flexibility index (Phi) is 58.2. The van der Waals surface area contributed by atoms with Crippen LogP contribution in [0.3, 0.4) is 0 Å². The van der Waals surface area contributed by atoms with E-state index in [1.54, 1.807) is 0 Å². The van der Waals surface area contributed by atoms with E-state index in [2.05, 4.69) is 57.2 Å². The smallest absolute Gasteiger partial charge is 0.306 e. The van der Waals surface area contributed by atoms with Crippen molar-refractivity contribution in [3.8, 4) is 0 Å². The van der Waals surface area contributed by atoms with Gasteiger partial charge in [0.1, 0.15) is 13.2 Å². The van der Waals surface area contributed by atoms with Gasteiger partial charge < -0.3 is 14.2 Å². The van der Waals surface area contributed by atoms with Crippen molar-refractivity contribution in [3.63, 3.8) is 0 Å². The number of rotatable bonds is 58. The summed E-state index contributed by atoms with van der Waals surface area (Å²) in [6.07, 6.45) is 72.9. The fourth-order valence-corrected chi connectivity index (χ4v) is 9.35. The van der Waals surface area contributed by atoms with Crippen molar-refractivity contribution in [2.45, 2.75) is 348 Å². The first-order valence-corrected chi connectivity index (χ1v) is 31.5. The predicted octanol–water partition coefficient (Wildman–Crippen LogP) is 21.2. The largest absolute Gasteiger partial charge is 0.462 e. The van der Waals surface area contributed by atoms with Gasteiger partial charge in [0.05, 0.1) is 0 Å². The Morgan fingerprint density at radius 1 is 0.282 bits per heavy atom. The van der Waals surface area contributed by atoms with Crippen LogP contribution in [0.15, 0.2) is 36.5 Å². The Bertz CT molecular complexity index is 1190. The number of carbonyl (C=O) groups is 3. The number of esters is 3. The number of unbranched alkanes of at least 4 members (excludes halogenated alkanes) is 41. The van der Waals surface area contributed by atoms with Gasteiger partial charge in [0.2, 0.25) is 0 Å². The third-order valence-electron chi connectivity index (χ3n) is 14.1. The van der Waals surface area contributed by atoms with Gasteiger partial charge in [-0.3, -0.25) is 14.4 Å². The highest BCUT2D eigenvalue weighted by Crippen LogP contribution is 2.17. The molecule has 6 nitrogen and oxygen atoms in total. The van der Waals surface area contributed by atoms with Gasteiger partial charge in [0, 0.05) is 19.3 Å². The van der Waals surface area contributed by atoms with E-state index >= 15 is 0 Å². The minimum Gasteiger partial charge on any atom is -0.462 e. The summed E-state index contributed by atoms with van der Waals surface area (Å²) >= 11 is 0. The Hall–Kier alpha value is -2.37. The van der Waals surface area contributed by atoms with E-state index in [0.717, 1.165) is 70.6 Å². The van der Waals surface area contributed by atoms with Crippen LogP contribution < -0.4 is 0 Å². The van der Waals surface area contributed by atoms with E-state index in [-0.39, 0.29) is 31.1 Å². The zero-order chi connectivity index (χ0) is 51.4. The van der Waals surface area contributed by atoms with Gasteiger partial charge in [-0.1, -0.05) is 282 Å². The molecule has 0 aromatic rings. The number of carbonyl (C=O) groups excluding carboxylic acids is 3. The van der Waals surface area contributed by atoms with Gasteiger partial charge >= 0.3 is 17.9 Å². The zero-order valence-corrected chi connectivity index (χ0v) is 47.8. The molecule has 6 heteroatoms. The molecule has 0 aliphatic rings. The molecule has 0 aliphatic carbocycles. The van der Waals surface area contributed by atoms with Crippen LogP contribution in [-0.2, 0) is 28.6 Å². The Morgan fingerprint density at radius 3 is 0.789 bits per heavy atom. The molecule has 0 rings (SSSR count). The van der Waals surface area contributed by atoms with Gasteiger partial charge in [0.15, 0.2) is 6.10 Å². The van der Waals surface area contributed by atoms with Crippen molar-refractivity contribution < 1.29 is 28.6 Å². The lowest BCUT2D eigenvalue weighted by Crippen LogP contribution is -2.30. The maximum Gasteiger partial charge on any atom is 0.306 e. The molecule has 416 valence electrons. The summed E-state index contributed by atoms with van der Waals surface area (Å²) in [5.41, 5.74) is 0. The normalized spacial score (nSPS) is 12.2. The molecule has 0 radical (unpaired) electrons. The lowest BCUT2D eigenvalue weighted by atomic mass is 10.0. The van der Waals surface area contributed by atoms with Gasteiger partial charge in [-0.2, -0.15) is 0 Å². The molecular formula is C65H120O6. The maximum atomic E-state index is 12.9. The van der Waals surface area contributed by atoms with Gasteiger partial charge in [-0.15, -0.1) is 0 Å². The molecule has 71 heavy (non-hydrogen) atoms. The molecule has 0 spiro atoms. The Morgan fingerprint density at radius 2 is 0.507 bits per heavy atom. The minimum atomic E-state index is -0.773. The summed E-state index contributed by atoms with van der Waals surface area (Å²) < 4.78 is 16.9. The standard InChI is InChI=1S/C65H120O6/c1-4-7-10-13-16-19-22-25-28-29-30-31-32-33-34-35-36-37-38-41-43-46-49-52-55-58-64(67)70-61-62(71-65(68)59-56-53-50-47-44-40-27-24-21-18-15-12-9-6-3)60-69-63(66)57-54-51-48-45-42-39-26-23-20-17-14-11-8-5-2/h22,24-25,27,29-30,62H,4-21,23,26,28,31-61H2,1-3H3/b25-22-,27-24-,30-29-. The minimum absolute atomic E-state index is 0.0711. The number of hydrogen-bond acceptors (Lipinski definition) is 6. The van der Waals surface area contributed by atoms with Crippen molar-refractivity contribution in [2.24, 2.45) is 0 Å². The van der Waals surface area contributed by atoms with Gasteiger partial charge in [-0.05, 0) is 77.0 Å². The van der Waals surface area contributed by atoms with E-state index in [1.807, 2.05) is 0 Å². The van der Waals surface area contributed by atoms with Crippen LogP contribution in [0.1, 0.15) is 342 Å². The average molecular weight is 998 g/mol. The second-order valence-corrected chi connectivity index (χ2v) is 21.3. The summed E-state index contributed by atoms with van der Waals surface area (Å²) in [6, 6.07) is 0. The van der Waals surface area contributed by atoms with Crippen LogP contribution in [-0.4, -0.2) is 37.2 Å². The van der Waals surface area contributed by atoms with Gasteiger partial charge in [0.25, 0.3) is 0 Å². The lowest BCUT2D eigenvalue weighted by molar-refractivity contribution is -0.167. The quantitative estimate of drug-likeness (QED) is 0.0261. The van der Waals surface area contributed by atoms with E-state index in [1.165, 1.54) is 231 Å². The third-order valence-corrected chi connectivity index (χ3v) is 14.1. The highest BCUT2D eigenvalue weighted by atomic mass is 16.6. The number of allylic oxidation sites excluding steroid dienone is 6. The molecule has 0 saturated heterocycles. The number of ether oxygens (including phenoxy) is 3. The molecule has 0 amide bonds. The SMILES string of the molecule is CCCCCCC/C=C\C/C=C\CCCCCCCCCCCCCCCC(=O)OCC(COC(=O)CCCCCCCCCCCCCCCC)OC(=O)CCCCCCC/C=C\CCCCCCC. The summed E-state index contributed by atoms with van der Waals surface area (Å²) in [6.45, 7) is 6.66. The molecule has 0 aliphatic heterocycles. The molecular weight excluding hydrogens is 877 g/mol. The Labute approximate surface area is 442 Å². The van der Waals surface area contributed by atoms with E-state index in [4.69, 9.17) is 14.2 Å². The summed E-state index contributed by atoms with van der Waals surface area (Å²) in [7, 11) is 0. The average Bonchev–Trinajstić information content (AvgIpc) is 3.37. The fourth-order valence-electron chi connectivity index (χ4n) is 9.35. The van der Waals surface area contributed by atoms with E-state index in [0.29, 0.717) is 19.3 Å². The summed E-state index contributed by atoms with van der Waals surface area (Å²) in [5.74, 6) is -0.859. The van der Waals surface area contributed by atoms with Crippen LogP contribution in [0, 0.1) is 0 Å². The van der Waals surface area contributed by atoms with Crippen molar-refractivity contribution in [1.29, 1.82) is 0 Å². The van der Waals surface area contributed by atoms with Crippen LogP contribution >= 0.6 is 0 Å². The molecule has 0 bridgehead atoms. The van der Waals surface area contributed by atoms with Crippen LogP contribution in [0.4, 0.5) is 0 Å². The lowest BCUT2D eigenvalue weighted by Gasteiger charge is -2.18. The molecule has 1 atom stereocenters. The van der Waals surface area contributed by atoms with Crippen molar-refractivity contribution in [1.82, 2.24) is 0 Å². The highest BCUT2D eigenvalue weighted by molar-refractivity contribution is 5.71. The van der Waals surface area contributed by atoms with Crippen LogP contribution in [0.2, 0.25) is 0 Å². The van der Waals surface area contributed by atoms with E-state index < -0.39 is 6.10 Å². The van der Waals surface area contributed by atoms with Crippen molar-refractivity contribution in [2.75, 3.05) is 13.2 Å². The molecule has 0 aromatic heterocycles. The second kappa shape index (κ2) is 60.2. The number of hydrogen-bond donors (Lipinski definition) is 0. The molecule has 0 fully saturated rings. The third kappa shape index (κ3) is 58.4. The first-order valence-electron chi connectivity index (χ1n) is 31.5. The fraction of sp³-hybridized carbons (Fsp3) is 0.862. The monoisotopic (exact) mass is 997 g/mol. The zero-order valence-electron chi connectivity index (χ0n) is 47.8. The molecule has 0 heterocycles. The maximum absolute atomic E-state index is 12.9. The molecule has 0 saturated carbocycles. The Balaban J connectivity index is 4.24. The van der Waals surface area contributed by atoms with Gasteiger partial charge in [-0.25, -0.2) is 0 Å². The second-order valence-electron chi connectivity index (χ2n) is 21.3. The van der Waals surface area contributed by atoms with Crippen molar-refractivity contribution in [3.05, 3.63) is 36.5 Å². The highest BCUT2D eigenvalue weighted by Gasteiger charge is 2.19. The topological polar surface area (TPSA) is 78.9 Å². The summed E-state index contributed by atoms with van der Waals surface area (Å²) in [5, 5.41) is 0. The van der Waals surface area contributed by atoms with Crippen LogP contribution in [0.25, 0.3) is 0 Å². The van der Waals surface area contributed by atoms with Crippen LogP contribution in [0.5, 0.6) is 0 Å². The van der Waals surface area contributed by atoms with E-state index in [9.17, 15) is 14.4 Å². The first-order chi connectivity index (χ1) is 35.0. The molecule has 1 unspecified atom stereocenters. The van der Waals surface area contributed by atoms with Crippen molar-refractivity contribution >= 4 is 17.9 Å². The molecule has 0 aromatic carbocycles.